The van der Waals surface area contributed by atoms with E-state index in [1.165, 1.54) is 0 Å². The quantitative estimate of drug-likeness (QED) is 0.682. The molecule has 0 saturated carbocycles. The Labute approximate surface area is 156 Å². The molecule has 4 rings (SSSR count). The lowest BCUT2D eigenvalue weighted by Crippen LogP contribution is -2.46. The summed E-state index contributed by atoms with van der Waals surface area (Å²) in [6.07, 6.45) is 1.13. The van der Waals surface area contributed by atoms with Crippen molar-refractivity contribution in [3.63, 3.8) is 0 Å². The molecule has 2 atom stereocenters. The van der Waals surface area contributed by atoms with Gasteiger partial charge in [0.1, 0.15) is 12.1 Å². The van der Waals surface area contributed by atoms with Crippen molar-refractivity contribution in [2.24, 2.45) is 0 Å². The molecule has 27 heavy (non-hydrogen) atoms. The summed E-state index contributed by atoms with van der Waals surface area (Å²) in [6, 6.07) is 17.0. The number of carboxylic acid groups (broad SMARTS) is 1. The van der Waals surface area contributed by atoms with Crippen LogP contribution in [0.15, 0.2) is 54.6 Å². The molecule has 5 nitrogen and oxygen atoms in total. The second-order valence-corrected chi connectivity index (χ2v) is 6.90. The fourth-order valence-electron chi connectivity index (χ4n) is 3.78. The minimum absolute atomic E-state index is 0.218. The molecule has 1 aliphatic heterocycles. The number of aliphatic carboxylic acids is 1. The molecule has 0 aliphatic carbocycles. The van der Waals surface area contributed by atoms with E-state index < -0.39 is 18.1 Å². The lowest BCUT2D eigenvalue weighted by molar-refractivity contribution is -0.143. The standard InChI is InChI=1S/C22H21NO4/c24-21(20-10-5-11-27-20)23-19(22(25)26)13-18-16-8-3-1-6-14(16)12-15-7-2-4-9-17(15)18/h1-4,6-9,12,19-20H,5,10-11,13H2,(H,23,24)(H,25,26)/t19-,20+/m1/s1. The molecule has 5 heteroatoms. The summed E-state index contributed by atoms with van der Waals surface area (Å²) < 4.78 is 5.38. The summed E-state index contributed by atoms with van der Waals surface area (Å²) >= 11 is 0. The third-order valence-electron chi connectivity index (χ3n) is 5.13. The average Bonchev–Trinajstić information content (AvgIpc) is 3.21. The van der Waals surface area contributed by atoms with Gasteiger partial charge in [0.25, 0.3) is 0 Å². The van der Waals surface area contributed by atoms with Gasteiger partial charge in [0.15, 0.2) is 0 Å². The van der Waals surface area contributed by atoms with Crippen molar-refractivity contribution in [2.75, 3.05) is 6.61 Å². The van der Waals surface area contributed by atoms with Gasteiger partial charge in [-0.15, -0.1) is 0 Å². The Hall–Kier alpha value is -2.92. The third kappa shape index (κ3) is 3.51. The predicted molar refractivity (Wildman–Crippen MR) is 104 cm³/mol. The molecule has 1 heterocycles. The number of fused-ring (bicyclic) bond motifs is 2. The van der Waals surface area contributed by atoms with Crippen molar-refractivity contribution in [3.8, 4) is 0 Å². The first-order valence-electron chi connectivity index (χ1n) is 9.17. The first-order valence-corrected chi connectivity index (χ1v) is 9.17. The lowest BCUT2D eigenvalue weighted by Gasteiger charge is -2.19. The summed E-state index contributed by atoms with van der Waals surface area (Å²) in [5, 5.41) is 16.5. The van der Waals surface area contributed by atoms with Crippen LogP contribution in [0.2, 0.25) is 0 Å². The Morgan fingerprint density at radius 1 is 1.07 bits per heavy atom. The number of hydrogen-bond donors (Lipinski definition) is 2. The van der Waals surface area contributed by atoms with Crippen LogP contribution < -0.4 is 5.32 Å². The molecule has 138 valence electrons. The van der Waals surface area contributed by atoms with E-state index in [4.69, 9.17) is 4.74 Å². The summed E-state index contributed by atoms with van der Waals surface area (Å²) in [7, 11) is 0. The maximum atomic E-state index is 12.4. The van der Waals surface area contributed by atoms with E-state index in [0.717, 1.165) is 33.5 Å². The second kappa shape index (κ2) is 7.37. The molecule has 1 saturated heterocycles. The van der Waals surface area contributed by atoms with E-state index in [1.54, 1.807) is 0 Å². The molecule has 3 aromatic carbocycles. The van der Waals surface area contributed by atoms with Crippen LogP contribution in [0.4, 0.5) is 0 Å². The molecule has 0 unspecified atom stereocenters. The van der Waals surface area contributed by atoms with E-state index >= 15 is 0 Å². The number of ether oxygens (including phenoxy) is 1. The molecule has 0 bridgehead atoms. The Bertz CT molecular complexity index is 954. The molecule has 3 aromatic rings. The number of hydrogen-bond acceptors (Lipinski definition) is 3. The fraction of sp³-hybridized carbons (Fsp3) is 0.273. The van der Waals surface area contributed by atoms with Crippen LogP contribution >= 0.6 is 0 Å². The smallest absolute Gasteiger partial charge is 0.326 e. The van der Waals surface area contributed by atoms with E-state index in [-0.39, 0.29) is 12.3 Å². The maximum absolute atomic E-state index is 12.4. The number of rotatable bonds is 5. The summed E-state index contributed by atoms with van der Waals surface area (Å²) in [4.78, 5) is 24.2. The summed E-state index contributed by atoms with van der Waals surface area (Å²) in [5.74, 6) is -1.39. The Kier molecular flexibility index (Phi) is 4.77. The zero-order valence-corrected chi connectivity index (χ0v) is 14.9. The Morgan fingerprint density at radius 3 is 2.26 bits per heavy atom. The zero-order chi connectivity index (χ0) is 18.8. The van der Waals surface area contributed by atoms with Crippen molar-refractivity contribution in [2.45, 2.75) is 31.4 Å². The SMILES string of the molecule is O=C(N[C@H](Cc1c2ccccc2cc2ccccc12)C(=O)O)[C@@H]1CCCO1. The van der Waals surface area contributed by atoms with Gasteiger partial charge < -0.3 is 15.2 Å². The second-order valence-electron chi connectivity index (χ2n) is 6.90. The molecule has 1 aliphatic rings. The van der Waals surface area contributed by atoms with Crippen LogP contribution in [-0.2, 0) is 20.7 Å². The Morgan fingerprint density at radius 2 is 1.70 bits per heavy atom. The van der Waals surface area contributed by atoms with Crippen molar-refractivity contribution >= 4 is 33.4 Å². The summed E-state index contributed by atoms with van der Waals surface area (Å²) in [5.41, 5.74) is 0.934. The minimum atomic E-state index is -1.04. The number of carboxylic acids is 1. The van der Waals surface area contributed by atoms with Gasteiger partial charge in [-0.25, -0.2) is 4.79 Å². The fourth-order valence-corrected chi connectivity index (χ4v) is 3.78. The highest BCUT2D eigenvalue weighted by molar-refractivity contribution is 6.02. The van der Waals surface area contributed by atoms with Crippen molar-refractivity contribution in [3.05, 3.63) is 60.2 Å². The monoisotopic (exact) mass is 363 g/mol. The molecule has 0 radical (unpaired) electrons. The van der Waals surface area contributed by atoms with Crippen LogP contribution in [0.25, 0.3) is 21.5 Å². The van der Waals surface area contributed by atoms with Gasteiger partial charge in [-0.05, 0) is 46.0 Å². The molecular weight excluding hydrogens is 342 g/mol. The molecule has 0 aromatic heterocycles. The number of nitrogens with one attached hydrogen (secondary N) is 1. The van der Waals surface area contributed by atoms with Crippen LogP contribution in [0.5, 0.6) is 0 Å². The molecule has 1 amide bonds. The molecule has 1 fully saturated rings. The highest BCUT2D eigenvalue weighted by Crippen LogP contribution is 2.29. The van der Waals surface area contributed by atoms with E-state index in [0.29, 0.717) is 13.0 Å². The topological polar surface area (TPSA) is 75.6 Å². The highest BCUT2D eigenvalue weighted by atomic mass is 16.5. The lowest BCUT2D eigenvalue weighted by atomic mass is 9.92. The first kappa shape index (κ1) is 17.5. The highest BCUT2D eigenvalue weighted by Gasteiger charge is 2.29. The number of benzene rings is 3. The van der Waals surface area contributed by atoms with Crippen molar-refractivity contribution in [1.29, 1.82) is 0 Å². The van der Waals surface area contributed by atoms with Crippen LogP contribution in [0.3, 0.4) is 0 Å². The van der Waals surface area contributed by atoms with Gasteiger partial charge in [0, 0.05) is 13.0 Å². The first-order chi connectivity index (χ1) is 13.1. The summed E-state index contributed by atoms with van der Waals surface area (Å²) in [6.45, 7) is 0.545. The van der Waals surface area contributed by atoms with Crippen LogP contribution in [0, 0.1) is 0 Å². The number of carbonyl (C=O) groups is 2. The van der Waals surface area contributed by atoms with Gasteiger partial charge in [-0.3, -0.25) is 4.79 Å². The van der Waals surface area contributed by atoms with Gasteiger partial charge in [0.2, 0.25) is 5.91 Å². The normalized spacial score (nSPS) is 17.9. The van der Waals surface area contributed by atoms with Gasteiger partial charge in [-0.1, -0.05) is 48.5 Å². The minimum Gasteiger partial charge on any atom is -0.480 e. The number of carbonyl (C=O) groups excluding carboxylic acids is 1. The van der Waals surface area contributed by atoms with Crippen LogP contribution in [0.1, 0.15) is 18.4 Å². The Balaban J connectivity index is 1.72. The molecular formula is C22H21NO4. The predicted octanol–water partition coefficient (Wildman–Crippen LogP) is 3.28. The number of amides is 1. The van der Waals surface area contributed by atoms with Gasteiger partial charge in [-0.2, -0.15) is 0 Å². The average molecular weight is 363 g/mol. The largest absolute Gasteiger partial charge is 0.480 e. The zero-order valence-electron chi connectivity index (χ0n) is 14.9. The van der Waals surface area contributed by atoms with Crippen molar-refractivity contribution < 1.29 is 19.4 Å². The van der Waals surface area contributed by atoms with E-state index in [9.17, 15) is 14.7 Å². The van der Waals surface area contributed by atoms with E-state index in [1.807, 2.05) is 48.5 Å². The van der Waals surface area contributed by atoms with Gasteiger partial charge in [0.05, 0.1) is 0 Å². The van der Waals surface area contributed by atoms with Crippen molar-refractivity contribution in [1.82, 2.24) is 5.32 Å². The van der Waals surface area contributed by atoms with E-state index in [2.05, 4.69) is 11.4 Å². The molecule has 2 N–H and O–H groups in total. The maximum Gasteiger partial charge on any atom is 0.326 e. The van der Waals surface area contributed by atoms with Crippen LogP contribution in [-0.4, -0.2) is 35.7 Å². The third-order valence-corrected chi connectivity index (χ3v) is 5.13. The molecule has 0 spiro atoms. The van der Waals surface area contributed by atoms with Gasteiger partial charge >= 0.3 is 5.97 Å².